The van der Waals surface area contributed by atoms with Gasteiger partial charge in [-0.1, -0.05) is 11.3 Å². The van der Waals surface area contributed by atoms with Gasteiger partial charge in [0.05, 0.1) is 13.1 Å². The molecule has 2 atom stereocenters. The van der Waals surface area contributed by atoms with E-state index in [4.69, 9.17) is 0 Å². The quantitative estimate of drug-likeness (QED) is 0.676. The molecule has 26 heavy (non-hydrogen) atoms. The number of halogens is 1. The molecule has 0 spiro atoms. The van der Waals surface area contributed by atoms with Crippen molar-refractivity contribution in [3.05, 3.63) is 5.51 Å². The van der Waals surface area contributed by atoms with Gasteiger partial charge in [0.15, 0.2) is 0 Å². The molecule has 1 aliphatic heterocycles. The second kappa shape index (κ2) is 9.53. The summed E-state index contributed by atoms with van der Waals surface area (Å²) in [7, 11) is 3.53. The number of carbonyl (C=O) groups is 3. The van der Waals surface area contributed by atoms with Crippen LogP contribution in [0, 0.1) is 0 Å². The number of hydrogen-bond acceptors (Lipinski definition) is 7. The van der Waals surface area contributed by atoms with E-state index in [1.165, 1.54) is 21.7 Å². The molecule has 1 saturated heterocycles. The Bertz CT molecular complexity index is 627. The zero-order chi connectivity index (χ0) is 19.1. The van der Waals surface area contributed by atoms with Crippen molar-refractivity contribution < 1.29 is 18.8 Å². The second-order valence-corrected chi connectivity index (χ2v) is 7.26. The molecule has 0 bridgehead atoms. The number of hydrogen-bond donors (Lipinski definition) is 2. The van der Waals surface area contributed by atoms with Gasteiger partial charge in [0.25, 0.3) is 0 Å². The van der Waals surface area contributed by atoms with Crippen LogP contribution in [0.4, 0.5) is 9.52 Å². The number of likely N-dealkylation sites (N-methyl/N-ethyl adjacent to an activating group) is 1. The zero-order valence-electron chi connectivity index (χ0n) is 14.8. The van der Waals surface area contributed by atoms with Gasteiger partial charge in [0.1, 0.15) is 11.7 Å². The van der Waals surface area contributed by atoms with Crippen molar-refractivity contribution in [2.24, 2.45) is 0 Å². The van der Waals surface area contributed by atoms with Gasteiger partial charge in [-0.05, 0) is 14.1 Å². The van der Waals surface area contributed by atoms with E-state index in [1.54, 1.807) is 19.0 Å². The van der Waals surface area contributed by atoms with Crippen molar-refractivity contribution in [1.29, 1.82) is 0 Å². The van der Waals surface area contributed by atoms with Gasteiger partial charge in [-0.15, -0.1) is 10.2 Å². The molecule has 2 heterocycles. The smallest absolute Gasteiger partial charge is 0.236 e. The highest BCUT2D eigenvalue weighted by molar-refractivity contribution is 7.13. The first kappa shape index (κ1) is 20.2. The third kappa shape index (κ3) is 6.64. The van der Waals surface area contributed by atoms with Crippen LogP contribution in [-0.4, -0.2) is 83.7 Å². The molecule has 0 aliphatic carbocycles. The fourth-order valence-electron chi connectivity index (χ4n) is 2.65. The van der Waals surface area contributed by atoms with E-state index >= 15 is 0 Å². The number of amides is 3. The first-order valence-corrected chi connectivity index (χ1v) is 9.13. The van der Waals surface area contributed by atoms with E-state index < -0.39 is 12.2 Å². The summed E-state index contributed by atoms with van der Waals surface area (Å²) in [5.41, 5.74) is 1.49. The summed E-state index contributed by atoms with van der Waals surface area (Å²) >= 11 is 1.18. The van der Waals surface area contributed by atoms with Gasteiger partial charge in [-0.3, -0.25) is 14.4 Å². The van der Waals surface area contributed by atoms with Crippen molar-refractivity contribution in [3.63, 3.8) is 0 Å². The summed E-state index contributed by atoms with van der Waals surface area (Å²) in [5, 5.41) is 12.9. The molecule has 0 aromatic carbocycles. The number of rotatable bonds is 7. The maximum Gasteiger partial charge on any atom is 0.236 e. The second-order valence-electron chi connectivity index (χ2n) is 6.43. The highest BCUT2D eigenvalue weighted by Crippen LogP contribution is 2.15. The fraction of sp³-hybridized carbons (Fsp3) is 0.667. The highest BCUT2D eigenvalue weighted by Gasteiger charge is 2.30. The minimum absolute atomic E-state index is 0.0134. The largest absolute Gasteiger partial charge is 0.351 e. The lowest BCUT2D eigenvalue weighted by atomic mass is 10.0. The minimum atomic E-state index is -1.18. The molecule has 0 radical (unpaired) electrons. The van der Waals surface area contributed by atoms with Gasteiger partial charge in [0, 0.05) is 31.8 Å². The van der Waals surface area contributed by atoms with Crippen molar-refractivity contribution in [2.45, 2.75) is 31.5 Å². The Morgan fingerprint density at radius 2 is 2.04 bits per heavy atom. The molecule has 2 N–H and O–H groups in total. The summed E-state index contributed by atoms with van der Waals surface area (Å²) < 4.78 is 13.9. The molecule has 144 valence electrons. The van der Waals surface area contributed by atoms with Crippen LogP contribution < -0.4 is 10.6 Å². The van der Waals surface area contributed by atoms with E-state index in [0.29, 0.717) is 5.13 Å². The molecule has 0 unspecified atom stereocenters. The predicted molar refractivity (Wildman–Crippen MR) is 94.4 cm³/mol. The lowest BCUT2D eigenvalue weighted by molar-refractivity contribution is -0.135. The topological polar surface area (TPSA) is 108 Å². The van der Waals surface area contributed by atoms with E-state index in [9.17, 15) is 18.8 Å². The lowest BCUT2D eigenvalue weighted by Crippen LogP contribution is -2.54. The van der Waals surface area contributed by atoms with Crippen LogP contribution in [0.15, 0.2) is 5.51 Å². The summed E-state index contributed by atoms with van der Waals surface area (Å²) in [6, 6.07) is -0.455. The van der Waals surface area contributed by atoms with Crippen molar-refractivity contribution in [3.8, 4) is 0 Å². The van der Waals surface area contributed by atoms with Gasteiger partial charge < -0.3 is 20.4 Å². The number of anilines is 1. The van der Waals surface area contributed by atoms with Gasteiger partial charge in [-0.2, -0.15) is 0 Å². The Hall–Kier alpha value is -2.14. The number of nitrogens with one attached hydrogen (secondary N) is 2. The van der Waals surface area contributed by atoms with E-state index in [-0.39, 0.29) is 56.6 Å². The summed E-state index contributed by atoms with van der Waals surface area (Å²) in [6.45, 7) is 0.512. The first-order chi connectivity index (χ1) is 12.3. The molecule has 1 aliphatic rings. The van der Waals surface area contributed by atoms with Crippen LogP contribution >= 0.6 is 11.3 Å². The predicted octanol–water partition coefficient (Wildman–Crippen LogP) is -0.126. The van der Waals surface area contributed by atoms with E-state index in [0.717, 1.165) is 0 Å². The molecule has 0 saturated carbocycles. The molecule has 3 amide bonds. The summed E-state index contributed by atoms with van der Waals surface area (Å²) in [5.74, 6) is -0.865. The monoisotopic (exact) mass is 386 g/mol. The number of aromatic nitrogens is 2. The first-order valence-electron chi connectivity index (χ1n) is 8.25. The summed E-state index contributed by atoms with van der Waals surface area (Å²) in [4.78, 5) is 39.0. The molecule has 9 nitrogen and oxygen atoms in total. The van der Waals surface area contributed by atoms with Crippen LogP contribution in [-0.2, 0) is 14.4 Å². The number of likely N-dealkylation sites (tertiary alicyclic amines) is 1. The van der Waals surface area contributed by atoms with Crippen molar-refractivity contribution in [1.82, 2.24) is 25.3 Å². The standard InChI is InChI=1S/C15H23FN6O3S/c1-21(2)8-14(25)22-6-10(16)5-11(7-22)18-12(23)3-4-13(24)19-15-20-17-9-26-15/h9-11H,3-8H2,1-2H3,(H,18,23)(H,19,20,24)/t10-,11+/m1/s1. The number of carbonyl (C=O) groups excluding carboxylic acids is 3. The van der Waals surface area contributed by atoms with Crippen molar-refractivity contribution >= 4 is 34.2 Å². The van der Waals surface area contributed by atoms with Gasteiger partial charge in [0.2, 0.25) is 22.9 Å². The van der Waals surface area contributed by atoms with E-state index in [2.05, 4.69) is 20.8 Å². The molecule has 1 aromatic heterocycles. The third-order valence-electron chi connectivity index (χ3n) is 3.75. The fourth-order valence-corrected chi connectivity index (χ4v) is 3.11. The molecule has 1 fully saturated rings. The molecular weight excluding hydrogens is 363 g/mol. The molecule has 1 aromatic rings. The highest BCUT2D eigenvalue weighted by atomic mass is 32.1. The maximum atomic E-state index is 13.9. The SMILES string of the molecule is CN(C)CC(=O)N1C[C@H](F)C[C@H](NC(=O)CCC(=O)Nc2nncs2)C1. The number of alkyl halides is 1. The Labute approximate surface area is 154 Å². The molecule has 11 heteroatoms. The zero-order valence-corrected chi connectivity index (χ0v) is 15.6. The Kier molecular flexibility index (Phi) is 7.39. The van der Waals surface area contributed by atoms with Crippen LogP contribution in [0.5, 0.6) is 0 Å². The number of nitrogens with zero attached hydrogens (tertiary/aromatic N) is 4. The minimum Gasteiger partial charge on any atom is -0.351 e. The van der Waals surface area contributed by atoms with Crippen LogP contribution in [0.2, 0.25) is 0 Å². The van der Waals surface area contributed by atoms with E-state index in [1.807, 2.05) is 0 Å². The Morgan fingerprint density at radius 3 is 2.69 bits per heavy atom. The third-order valence-corrected chi connectivity index (χ3v) is 4.36. The van der Waals surface area contributed by atoms with Crippen LogP contribution in [0.25, 0.3) is 0 Å². The van der Waals surface area contributed by atoms with Crippen LogP contribution in [0.1, 0.15) is 19.3 Å². The van der Waals surface area contributed by atoms with Crippen molar-refractivity contribution in [2.75, 3.05) is 39.0 Å². The maximum absolute atomic E-state index is 13.9. The van der Waals surface area contributed by atoms with Crippen LogP contribution in [0.3, 0.4) is 0 Å². The average molecular weight is 386 g/mol. The lowest BCUT2D eigenvalue weighted by Gasteiger charge is -2.35. The van der Waals surface area contributed by atoms with Gasteiger partial charge in [-0.25, -0.2) is 4.39 Å². The average Bonchev–Trinajstić information content (AvgIpc) is 3.04. The normalized spacial score (nSPS) is 20.1. The molecular formula is C15H23FN6O3S. The summed E-state index contributed by atoms with van der Waals surface area (Å²) in [6.07, 6.45) is -1.06. The molecule has 2 rings (SSSR count). The van der Waals surface area contributed by atoms with Gasteiger partial charge >= 0.3 is 0 Å². The Morgan fingerprint density at radius 1 is 1.31 bits per heavy atom. The Balaban J connectivity index is 1.76. The number of piperidine rings is 1.